The molecular weight excluding hydrogens is 322 g/mol. The summed E-state index contributed by atoms with van der Waals surface area (Å²) < 4.78 is 7.13. The van der Waals surface area contributed by atoms with Gasteiger partial charge in [-0.15, -0.1) is 0 Å². The van der Waals surface area contributed by atoms with Gasteiger partial charge in [-0.3, -0.25) is 14.3 Å². The van der Waals surface area contributed by atoms with E-state index >= 15 is 0 Å². The fraction of sp³-hybridized carbons (Fsp3) is 0.706. The molecule has 1 aromatic rings. The molecule has 0 saturated carbocycles. The van der Waals surface area contributed by atoms with Gasteiger partial charge >= 0.3 is 0 Å². The average molecular weight is 349 g/mol. The van der Waals surface area contributed by atoms with Gasteiger partial charge in [-0.2, -0.15) is 5.10 Å². The summed E-state index contributed by atoms with van der Waals surface area (Å²) in [5.74, 6) is -0.342. The highest BCUT2D eigenvalue weighted by atomic mass is 16.5. The number of nitrogens with one attached hydrogen (secondary N) is 2. The molecule has 8 nitrogen and oxygen atoms in total. The Bertz CT molecular complexity index is 591. The molecular formula is C17H27N5O3. The fourth-order valence-corrected chi connectivity index (χ4v) is 3.30. The van der Waals surface area contributed by atoms with Crippen LogP contribution in [-0.4, -0.2) is 71.9 Å². The summed E-state index contributed by atoms with van der Waals surface area (Å²) >= 11 is 0. The summed E-state index contributed by atoms with van der Waals surface area (Å²) in [6.07, 6.45) is 4.56. The van der Waals surface area contributed by atoms with Crippen LogP contribution in [-0.2, 0) is 9.53 Å². The topological polar surface area (TPSA) is 88.5 Å². The summed E-state index contributed by atoms with van der Waals surface area (Å²) in [4.78, 5) is 26.8. The number of carbonyl (C=O) groups excluding carboxylic acids is 2. The average Bonchev–Trinajstić information content (AvgIpc) is 3.17. The number of ether oxygens (including phenoxy) is 1. The first-order valence-corrected chi connectivity index (χ1v) is 9.12. The van der Waals surface area contributed by atoms with Crippen LogP contribution >= 0.6 is 0 Å². The van der Waals surface area contributed by atoms with Gasteiger partial charge in [0.05, 0.1) is 19.3 Å². The molecule has 2 atom stereocenters. The highest BCUT2D eigenvalue weighted by Crippen LogP contribution is 2.15. The maximum atomic E-state index is 12.6. The Morgan fingerprint density at radius 1 is 1.44 bits per heavy atom. The van der Waals surface area contributed by atoms with Gasteiger partial charge < -0.3 is 20.3 Å². The molecule has 2 saturated heterocycles. The number of morpholine rings is 1. The molecule has 2 aliphatic rings. The third-order valence-corrected chi connectivity index (χ3v) is 4.82. The molecule has 2 aliphatic heterocycles. The molecule has 3 rings (SSSR count). The lowest BCUT2D eigenvalue weighted by Crippen LogP contribution is -2.51. The first-order chi connectivity index (χ1) is 12.2. The van der Waals surface area contributed by atoms with Crippen LogP contribution in [0.3, 0.4) is 0 Å². The van der Waals surface area contributed by atoms with Gasteiger partial charge in [-0.25, -0.2) is 0 Å². The van der Waals surface area contributed by atoms with E-state index < -0.39 is 6.04 Å². The highest BCUT2D eigenvalue weighted by molar-refractivity contribution is 5.96. The zero-order chi connectivity index (χ0) is 17.6. The summed E-state index contributed by atoms with van der Waals surface area (Å²) in [6, 6.07) is 1.48. The molecule has 0 bridgehead atoms. The molecule has 8 heteroatoms. The zero-order valence-corrected chi connectivity index (χ0v) is 14.7. The summed E-state index contributed by atoms with van der Waals surface area (Å²) in [7, 11) is 0. The molecule has 2 fully saturated rings. The molecule has 138 valence electrons. The van der Waals surface area contributed by atoms with Crippen LogP contribution in [0.4, 0.5) is 0 Å². The van der Waals surface area contributed by atoms with E-state index in [-0.39, 0.29) is 17.9 Å². The van der Waals surface area contributed by atoms with Crippen molar-refractivity contribution in [3.05, 3.63) is 18.0 Å². The van der Waals surface area contributed by atoms with Crippen molar-refractivity contribution in [2.24, 2.45) is 0 Å². The molecule has 25 heavy (non-hydrogen) atoms. The minimum absolute atomic E-state index is 0.0462. The molecule has 0 spiro atoms. The van der Waals surface area contributed by atoms with Gasteiger partial charge in [0, 0.05) is 25.8 Å². The smallest absolute Gasteiger partial charge is 0.272 e. The number of amides is 2. The molecule has 1 aromatic heterocycles. The maximum absolute atomic E-state index is 12.6. The van der Waals surface area contributed by atoms with Crippen molar-refractivity contribution in [1.29, 1.82) is 0 Å². The van der Waals surface area contributed by atoms with Crippen LogP contribution in [0, 0.1) is 0 Å². The Hall–Kier alpha value is -1.93. The first-order valence-electron chi connectivity index (χ1n) is 9.12. The van der Waals surface area contributed by atoms with Crippen molar-refractivity contribution in [2.75, 3.05) is 39.4 Å². The first kappa shape index (κ1) is 17.9. The van der Waals surface area contributed by atoms with E-state index in [4.69, 9.17) is 4.74 Å². The largest absolute Gasteiger partial charge is 0.378 e. The second kappa shape index (κ2) is 8.44. The minimum atomic E-state index is -0.521. The van der Waals surface area contributed by atoms with Crippen molar-refractivity contribution < 1.29 is 14.3 Å². The highest BCUT2D eigenvalue weighted by Gasteiger charge is 2.27. The van der Waals surface area contributed by atoms with Gasteiger partial charge in [0.25, 0.3) is 5.91 Å². The molecule has 2 unspecified atom stereocenters. The molecule has 3 heterocycles. The summed E-state index contributed by atoms with van der Waals surface area (Å²) in [6.45, 7) is 6.06. The van der Waals surface area contributed by atoms with Crippen LogP contribution in [0.1, 0.15) is 42.7 Å². The lowest BCUT2D eigenvalue weighted by Gasteiger charge is -2.30. The Labute approximate surface area is 147 Å². The van der Waals surface area contributed by atoms with Crippen LogP contribution in [0.2, 0.25) is 0 Å². The van der Waals surface area contributed by atoms with Crippen LogP contribution in [0.25, 0.3) is 0 Å². The predicted octanol–water partition coefficient (Wildman–Crippen LogP) is 0.175. The van der Waals surface area contributed by atoms with Crippen LogP contribution < -0.4 is 10.6 Å². The Morgan fingerprint density at radius 2 is 2.24 bits per heavy atom. The quantitative estimate of drug-likeness (QED) is 0.791. The monoisotopic (exact) mass is 349 g/mol. The number of carbonyl (C=O) groups is 2. The van der Waals surface area contributed by atoms with Crippen molar-refractivity contribution in [1.82, 2.24) is 25.3 Å². The van der Waals surface area contributed by atoms with Crippen LogP contribution in [0.5, 0.6) is 0 Å². The third-order valence-electron chi connectivity index (χ3n) is 4.82. The number of hydrogen-bond acceptors (Lipinski definition) is 5. The molecule has 0 aliphatic carbocycles. The Kier molecular flexibility index (Phi) is 6.04. The number of aromatic nitrogens is 2. The Morgan fingerprint density at radius 3 is 2.92 bits per heavy atom. The third kappa shape index (κ3) is 4.38. The SMILES string of the molecule is CCC(NC(=O)c1ccn(C2CCCNC2)n1)C(=O)N1CCOCC1. The van der Waals surface area contributed by atoms with Gasteiger partial charge in [0.15, 0.2) is 0 Å². The molecule has 0 aromatic carbocycles. The number of hydrogen-bond donors (Lipinski definition) is 2. The summed E-state index contributed by atoms with van der Waals surface area (Å²) in [5.41, 5.74) is 0.360. The van der Waals surface area contributed by atoms with Crippen molar-refractivity contribution in [3.8, 4) is 0 Å². The fourth-order valence-electron chi connectivity index (χ4n) is 3.30. The summed E-state index contributed by atoms with van der Waals surface area (Å²) in [5, 5.41) is 10.6. The van der Waals surface area contributed by atoms with Crippen molar-refractivity contribution in [2.45, 2.75) is 38.3 Å². The van der Waals surface area contributed by atoms with E-state index in [0.29, 0.717) is 38.4 Å². The van der Waals surface area contributed by atoms with E-state index in [9.17, 15) is 9.59 Å². The minimum Gasteiger partial charge on any atom is -0.378 e. The lowest BCUT2D eigenvalue weighted by molar-refractivity contribution is -0.137. The zero-order valence-electron chi connectivity index (χ0n) is 14.7. The number of nitrogens with zero attached hydrogens (tertiary/aromatic N) is 3. The molecule has 2 amide bonds. The van der Waals surface area contributed by atoms with E-state index in [2.05, 4.69) is 15.7 Å². The van der Waals surface area contributed by atoms with E-state index in [1.165, 1.54) is 0 Å². The second-order valence-corrected chi connectivity index (χ2v) is 6.55. The second-order valence-electron chi connectivity index (χ2n) is 6.55. The molecule has 0 radical (unpaired) electrons. The van der Waals surface area contributed by atoms with Crippen molar-refractivity contribution >= 4 is 11.8 Å². The van der Waals surface area contributed by atoms with E-state index in [1.54, 1.807) is 11.0 Å². The number of rotatable bonds is 5. The van der Waals surface area contributed by atoms with Gasteiger partial charge in [-0.05, 0) is 31.9 Å². The lowest BCUT2D eigenvalue weighted by atomic mass is 10.1. The van der Waals surface area contributed by atoms with E-state index in [1.807, 2.05) is 17.8 Å². The van der Waals surface area contributed by atoms with Crippen LogP contribution in [0.15, 0.2) is 12.3 Å². The van der Waals surface area contributed by atoms with Crippen molar-refractivity contribution in [3.63, 3.8) is 0 Å². The van der Waals surface area contributed by atoms with E-state index in [0.717, 1.165) is 25.9 Å². The standard InChI is InChI=1S/C17H27N5O3/c1-2-14(17(24)21-8-10-25-11-9-21)19-16(23)15-5-7-22(20-15)13-4-3-6-18-12-13/h5,7,13-14,18H,2-4,6,8-12H2,1H3,(H,19,23). The van der Waals surface area contributed by atoms with Gasteiger partial charge in [0.1, 0.15) is 11.7 Å². The normalized spacial score (nSPS) is 22.4. The number of piperidine rings is 1. The van der Waals surface area contributed by atoms with Gasteiger partial charge in [-0.1, -0.05) is 6.92 Å². The van der Waals surface area contributed by atoms with Gasteiger partial charge in [0.2, 0.25) is 5.91 Å². The molecule has 2 N–H and O–H groups in total. The maximum Gasteiger partial charge on any atom is 0.272 e. The Balaban J connectivity index is 1.59. The predicted molar refractivity (Wildman–Crippen MR) is 92.3 cm³/mol.